The van der Waals surface area contributed by atoms with E-state index in [2.05, 4.69) is 5.32 Å². The lowest BCUT2D eigenvalue weighted by atomic mass is 9.98. The molecule has 106 valence electrons. The molecule has 0 aliphatic heterocycles. The molecule has 0 saturated carbocycles. The van der Waals surface area contributed by atoms with Crippen LogP contribution in [-0.4, -0.2) is 6.54 Å². The molecule has 1 atom stereocenters. The largest absolute Gasteiger partial charge is 0.306 e. The Bertz CT molecular complexity index is 586. The van der Waals surface area contributed by atoms with Gasteiger partial charge in [0, 0.05) is 16.7 Å². The molecule has 0 amide bonds. The van der Waals surface area contributed by atoms with E-state index in [1.807, 2.05) is 19.1 Å². The third-order valence-corrected chi connectivity index (χ3v) is 3.29. The smallest absolute Gasteiger partial charge is 0.131 e. The summed E-state index contributed by atoms with van der Waals surface area (Å²) >= 11 is 5.99. The maximum atomic E-state index is 14.0. The summed E-state index contributed by atoms with van der Waals surface area (Å²) < 4.78 is 27.0. The molecule has 0 fully saturated rings. The van der Waals surface area contributed by atoms with E-state index in [-0.39, 0.29) is 6.04 Å². The van der Waals surface area contributed by atoms with Crippen LogP contribution in [0, 0.1) is 11.6 Å². The highest BCUT2D eigenvalue weighted by molar-refractivity contribution is 6.30. The molecule has 0 bridgehead atoms. The molecule has 2 rings (SSSR count). The average Bonchev–Trinajstić information content (AvgIpc) is 2.41. The van der Waals surface area contributed by atoms with Gasteiger partial charge in [-0.2, -0.15) is 0 Å². The van der Waals surface area contributed by atoms with Crippen molar-refractivity contribution in [3.05, 3.63) is 70.2 Å². The van der Waals surface area contributed by atoms with Gasteiger partial charge in [0.15, 0.2) is 0 Å². The summed E-state index contributed by atoms with van der Waals surface area (Å²) in [4.78, 5) is 0. The van der Waals surface area contributed by atoms with Gasteiger partial charge in [-0.1, -0.05) is 36.7 Å². The van der Waals surface area contributed by atoms with Crippen LogP contribution in [0.2, 0.25) is 5.02 Å². The summed E-state index contributed by atoms with van der Waals surface area (Å²) in [5, 5.41) is 3.86. The monoisotopic (exact) mass is 295 g/mol. The van der Waals surface area contributed by atoms with Crippen LogP contribution >= 0.6 is 11.6 Å². The number of hydrogen-bond acceptors (Lipinski definition) is 1. The lowest BCUT2D eigenvalue weighted by Gasteiger charge is -2.20. The van der Waals surface area contributed by atoms with E-state index in [1.54, 1.807) is 12.1 Å². The molecule has 0 saturated heterocycles. The van der Waals surface area contributed by atoms with Crippen LogP contribution in [0.5, 0.6) is 0 Å². The van der Waals surface area contributed by atoms with Gasteiger partial charge in [-0.15, -0.1) is 0 Å². The molecule has 0 spiro atoms. The quantitative estimate of drug-likeness (QED) is 0.842. The molecular weight excluding hydrogens is 280 g/mol. The van der Waals surface area contributed by atoms with Gasteiger partial charge in [0.05, 0.1) is 6.04 Å². The minimum atomic E-state index is -0.577. The SMILES string of the molecule is CCCNC(c1cccc(Cl)c1)c1ccc(F)cc1F. The van der Waals surface area contributed by atoms with E-state index in [0.29, 0.717) is 10.6 Å². The molecule has 0 radical (unpaired) electrons. The van der Waals surface area contributed by atoms with E-state index in [9.17, 15) is 8.78 Å². The van der Waals surface area contributed by atoms with E-state index >= 15 is 0 Å². The zero-order valence-corrected chi connectivity index (χ0v) is 11.9. The van der Waals surface area contributed by atoms with Crippen molar-refractivity contribution in [2.45, 2.75) is 19.4 Å². The lowest BCUT2D eigenvalue weighted by molar-refractivity contribution is 0.533. The summed E-state index contributed by atoms with van der Waals surface area (Å²) in [6, 6.07) is 10.6. The Hall–Kier alpha value is -1.45. The fourth-order valence-corrected chi connectivity index (χ4v) is 2.32. The molecule has 4 heteroatoms. The topological polar surface area (TPSA) is 12.0 Å². The van der Waals surface area contributed by atoms with E-state index in [1.165, 1.54) is 12.1 Å². The zero-order valence-electron chi connectivity index (χ0n) is 11.2. The molecular formula is C16H16ClF2N. The first-order chi connectivity index (χ1) is 9.61. The van der Waals surface area contributed by atoms with Crippen molar-refractivity contribution in [2.24, 2.45) is 0 Å². The molecule has 2 aromatic rings. The molecule has 0 aliphatic rings. The first-order valence-corrected chi connectivity index (χ1v) is 6.93. The molecule has 1 unspecified atom stereocenters. The number of halogens is 3. The van der Waals surface area contributed by atoms with E-state index < -0.39 is 11.6 Å². The fourth-order valence-electron chi connectivity index (χ4n) is 2.12. The van der Waals surface area contributed by atoms with Crippen LogP contribution in [0.4, 0.5) is 8.78 Å². The third kappa shape index (κ3) is 3.56. The van der Waals surface area contributed by atoms with Crippen molar-refractivity contribution >= 4 is 11.6 Å². The Balaban J connectivity index is 2.41. The van der Waals surface area contributed by atoms with Gasteiger partial charge in [-0.25, -0.2) is 8.78 Å². The maximum absolute atomic E-state index is 14.0. The van der Waals surface area contributed by atoms with Gasteiger partial charge in [0.1, 0.15) is 11.6 Å². The van der Waals surface area contributed by atoms with Crippen molar-refractivity contribution in [3.8, 4) is 0 Å². The Morgan fingerprint density at radius 3 is 2.60 bits per heavy atom. The Morgan fingerprint density at radius 1 is 1.15 bits per heavy atom. The summed E-state index contributed by atoms with van der Waals surface area (Å²) in [5.74, 6) is -1.13. The summed E-state index contributed by atoms with van der Waals surface area (Å²) in [6.45, 7) is 2.76. The van der Waals surface area contributed by atoms with Crippen LogP contribution in [0.1, 0.15) is 30.5 Å². The van der Waals surface area contributed by atoms with Gasteiger partial charge in [-0.05, 0) is 36.7 Å². The predicted octanol–water partition coefficient (Wildman–Crippen LogP) is 4.71. The molecule has 2 aromatic carbocycles. The number of hydrogen-bond donors (Lipinski definition) is 1. The van der Waals surface area contributed by atoms with E-state index in [4.69, 9.17) is 11.6 Å². The maximum Gasteiger partial charge on any atom is 0.131 e. The summed E-state index contributed by atoms with van der Waals surface area (Å²) in [7, 11) is 0. The van der Waals surface area contributed by atoms with Crippen molar-refractivity contribution in [3.63, 3.8) is 0 Å². The van der Waals surface area contributed by atoms with Crippen molar-refractivity contribution < 1.29 is 8.78 Å². The summed E-state index contributed by atoms with van der Waals surface area (Å²) in [5.41, 5.74) is 1.28. The van der Waals surface area contributed by atoms with Gasteiger partial charge >= 0.3 is 0 Å². The van der Waals surface area contributed by atoms with Crippen LogP contribution in [0.25, 0.3) is 0 Å². The van der Waals surface area contributed by atoms with Gasteiger partial charge in [0.25, 0.3) is 0 Å². The standard InChI is InChI=1S/C16H16ClF2N/c1-2-8-20-16(11-4-3-5-12(17)9-11)14-7-6-13(18)10-15(14)19/h3-7,9-10,16,20H,2,8H2,1H3. The van der Waals surface area contributed by atoms with E-state index in [0.717, 1.165) is 24.6 Å². The summed E-state index contributed by atoms with van der Waals surface area (Å²) in [6.07, 6.45) is 0.917. The third-order valence-electron chi connectivity index (χ3n) is 3.05. The normalized spacial score (nSPS) is 12.4. The Kier molecular flexibility index (Phi) is 5.10. The molecule has 0 heterocycles. The predicted molar refractivity (Wildman–Crippen MR) is 77.9 cm³/mol. The molecule has 1 nitrogen and oxygen atoms in total. The van der Waals surface area contributed by atoms with Crippen molar-refractivity contribution in [1.82, 2.24) is 5.32 Å². The van der Waals surface area contributed by atoms with Crippen LogP contribution in [-0.2, 0) is 0 Å². The van der Waals surface area contributed by atoms with Crippen LogP contribution in [0.15, 0.2) is 42.5 Å². The fraction of sp³-hybridized carbons (Fsp3) is 0.250. The highest BCUT2D eigenvalue weighted by atomic mass is 35.5. The average molecular weight is 296 g/mol. The number of rotatable bonds is 5. The van der Waals surface area contributed by atoms with Crippen LogP contribution < -0.4 is 5.32 Å². The number of benzene rings is 2. The second kappa shape index (κ2) is 6.82. The van der Waals surface area contributed by atoms with Crippen LogP contribution in [0.3, 0.4) is 0 Å². The number of nitrogens with one attached hydrogen (secondary N) is 1. The second-order valence-corrected chi connectivity index (χ2v) is 5.04. The van der Waals surface area contributed by atoms with Gasteiger partial charge in [0.2, 0.25) is 0 Å². The zero-order chi connectivity index (χ0) is 14.5. The first kappa shape index (κ1) is 14.9. The second-order valence-electron chi connectivity index (χ2n) is 4.61. The Morgan fingerprint density at radius 2 is 1.95 bits per heavy atom. The van der Waals surface area contributed by atoms with Crippen molar-refractivity contribution in [2.75, 3.05) is 6.54 Å². The molecule has 0 aliphatic carbocycles. The minimum Gasteiger partial charge on any atom is -0.306 e. The van der Waals surface area contributed by atoms with Gasteiger partial charge < -0.3 is 5.32 Å². The Labute approximate surface area is 122 Å². The van der Waals surface area contributed by atoms with Gasteiger partial charge in [-0.3, -0.25) is 0 Å². The highest BCUT2D eigenvalue weighted by Gasteiger charge is 2.18. The molecule has 1 N–H and O–H groups in total. The molecule has 20 heavy (non-hydrogen) atoms. The van der Waals surface area contributed by atoms with Crippen molar-refractivity contribution in [1.29, 1.82) is 0 Å². The first-order valence-electron chi connectivity index (χ1n) is 6.55. The minimum absolute atomic E-state index is 0.339. The molecule has 0 aromatic heterocycles. The lowest BCUT2D eigenvalue weighted by Crippen LogP contribution is -2.24. The highest BCUT2D eigenvalue weighted by Crippen LogP contribution is 2.26.